The smallest absolute Gasteiger partial charge is 0.326 e. The second-order valence-corrected chi connectivity index (χ2v) is 7.73. The molecule has 1 aromatic carbocycles. The number of pyridine rings is 1. The van der Waals surface area contributed by atoms with Gasteiger partial charge in [0.05, 0.1) is 38.3 Å². The van der Waals surface area contributed by atoms with Gasteiger partial charge in [-0.05, 0) is 23.8 Å². The molecule has 0 radical (unpaired) electrons. The van der Waals surface area contributed by atoms with Crippen LogP contribution in [0.1, 0.15) is 26.6 Å². The summed E-state index contributed by atoms with van der Waals surface area (Å²) in [5, 5.41) is 13.9. The Kier molecular flexibility index (Phi) is 5.72. The Labute approximate surface area is 194 Å². The molecule has 176 valence electrons. The Morgan fingerprint density at radius 3 is 2.68 bits per heavy atom. The van der Waals surface area contributed by atoms with Crippen molar-refractivity contribution in [2.24, 2.45) is 0 Å². The van der Waals surface area contributed by atoms with Gasteiger partial charge in [0.2, 0.25) is 0 Å². The summed E-state index contributed by atoms with van der Waals surface area (Å²) < 4.78 is 16.2. The Hall–Kier alpha value is -4.19. The van der Waals surface area contributed by atoms with Crippen molar-refractivity contribution in [1.82, 2.24) is 20.5 Å². The lowest BCUT2D eigenvalue weighted by molar-refractivity contribution is 0.0971. The zero-order valence-electron chi connectivity index (χ0n) is 18.7. The summed E-state index contributed by atoms with van der Waals surface area (Å²) in [6.45, 7) is 3.53. The van der Waals surface area contributed by atoms with E-state index in [0.717, 1.165) is 37.4 Å². The van der Waals surface area contributed by atoms with E-state index in [9.17, 15) is 9.59 Å². The molecular weight excluding hydrogens is 442 g/mol. The minimum Gasteiger partial charge on any atom is -0.493 e. The number of ether oxygens (including phenoxy) is 2. The highest BCUT2D eigenvalue weighted by molar-refractivity contribution is 6.09. The van der Waals surface area contributed by atoms with Crippen molar-refractivity contribution >= 4 is 29.2 Å². The lowest BCUT2D eigenvalue weighted by Gasteiger charge is -2.30. The van der Waals surface area contributed by atoms with Gasteiger partial charge in [-0.25, -0.2) is 0 Å². The third kappa shape index (κ3) is 3.88. The first-order valence-corrected chi connectivity index (χ1v) is 10.7. The van der Waals surface area contributed by atoms with Crippen LogP contribution in [0.2, 0.25) is 0 Å². The molecule has 12 nitrogen and oxygen atoms in total. The van der Waals surface area contributed by atoms with Gasteiger partial charge in [0.25, 0.3) is 5.91 Å². The first-order chi connectivity index (χ1) is 16.6. The molecule has 2 aliphatic rings. The van der Waals surface area contributed by atoms with Gasteiger partial charge in [0.1, 0.15) is 0 Å². The van der Waals surface area contributed by atoms with E-state index in [1.54, 1.807) is 24.5 Å². The van der Waals surface area contributed by atoms with Crippen molar-refractivity contribution in [2.45, 2.75) is 6.54 Å². The van der Waals surface area contributed by atoms with E-state index in [2.05, 4.69) is 30.7 Å². The average Bonchev–Trinajstić information content (AvgIpc) is 3.49. The number of benzene rings is 1. The molecule has 1 saturated heterocycles. The Morgan fingerprint density at radius 2 is 1.91 bits per heavy atom. The minimum absolute atomic E-state index is 0.0715. The maximum absolute atomic E-state index is 12.9. The van der Waals surface area contributed by atoms with E-state index in [4.69, 9.17) is 13.9 Å². The van der Waals surface area contributed by atoms with Gasteiger partial charge in [0, 0.05) is 37.9 Å². The second-order valence-electron chi connectivity index (χ2n) is 7.73. The van der Waals surface area contributed by atoms with Crippen LogP contribution in [0.3, 0.4) is 0 Å². The normalized spacial score (nSPS) is 15.3. The molecule has 34 heavy (non-hydrogen) atoms. The van der Waals surface area contributed by atoms with Crippen molar-refractivity contribution in [3.63, 3.8) is 0 Å². The molecule has 3 aromatic rings. The number of hydrogen-bond donors (Lipinski definition) is 2. The maximum Gasteiger partial charge on any atom is 0.326 e. The number of piperazine rings is 1. The molecule has 0 aliphatic carbocycles. The number of aromatic nitrogens is 3. The van der Waals surface area contributed by atoms with E-state index in [1.807, 2.05) is 6.07 Å². The summed E-state index contributed by atoms with van der Waals surface area (Å²) in [4.78, 5) is 33.4. The summed E-state index contributed by atoms with van der Waals surface area (Å²) in [7, 11) is 3.03. The molecular formula is C22H23N7O5. The van der Waals surface area contributed by atoms with Crippen LogP contribution in [0.25, 0.3) is 0 Å². The van der Waals surface area contributed by atoms with E-state index < -0.39 is 5.91 Å². The topological polar surface area (TPSA) is 135 Å². The average molecular weight is 465 g/mol. The lowest BCUT2D eigenvalue weighted by atomic mass is 10.1. The first kappa shape index (κ1) is 21.6. The van der Waals surface area contributed by atoms with Crippen molar-refractivity contribution in [2.75, 3.05) is 55.5 Å². The standard InChI is InChI=1S/C22H23N7O5/c1-32-17-9-13-12-29(21(31)14(13)10-18(17)33-2)22-27-26-20(34-22)19(30)25-15-11-24-4-3-16(15)28-7-5-23-6-8-28/h3-4,9-11,23H,5-8,12H2,1-2H3,(H,25,30). The molecule has 0 unspecified atom stereocenters. The highest BCUT2D eigenvalue weighted by Gasteiger charge is 2.34. The number of nitrogens with one attached hydrogen (secondary N) is 2. The zero-order valence-corrected chi connectivity index (χ0v) is 18.7. The molecule has 12 heteroatoms. The molecule has 2 amide bonds. The number of methoxy groups -OCH3 is 2. The van der Waals surface area contributed by atoms with Crippen molar-refractivity contribution in [3.8, 4) is 11.5 Å². The van der Waals surface area contributed by atoms with Gasteiger partial charge in [-0.1, -0.05) is 5.10 Å². The monoisotopic (exact) mass is 465 g/mol. The fourth-order valence-electron chi connectivity index (χ4n) is 4.05. The molecule has 0 saturated carbocycles. The van der Waals surface area contributed by atoms with Crippen LogP contribution in [-0.2, 0) is 6.54 Å². The van der Waals surface area contributed by atoms with E-state index in [1.165, 1.54) is 19.1 Å². The molecule has 4 heterocycles. The quantitative estimate of drug-likeness (QED) is 0.548. The molecule has 0 spiro atoms. The Bertz CT molecular complexity index is 1240. The highest BCUT2D eigenvalue weighted by atomic mass is 16.5. The largest absolute Gasteiger partial charge is 0.493 e. The molecule has 2 aliphatic heterocycles. The van der Waals surface area contributed by atoms with Gasteiger partial charge in [-0.3, -0.25) is 19.5 Å². The number of nitrogens with zero attached hydrogens (tertiary/aromatic N) is 5. The summed E-state index contributed by atoms with van der Waals surface area (Å²) in [5.41, 5.74) is 2.57. The third-order valence-electron chi connectivity index (χ3n) is 5.76. The molecule has 1 fully saturated rings. The SMILES string of the molecule is COc1cc2c(cc1OC)C(=O)N(c1nnc(C(=O)Nc3cnccc3N3CCNCC3)o1)C2. The Balaban J connectivity index is 1.34. The van der Waals surface area contributed by atoms with Crippen LogP contribution in [0.4, 0.5) is 17.4 Å². The van der Waals surface area contributed by atoms with Crippen LogP contribution < -0.4 is 29.9 Å². The number of carbonyl (C=O) groups is 2. The summed E-state index contributed by atoms with van der Waals surface area (Å²) in [6.07, 6.45) is 3.26. The number of carbonyl (C=O) groups excluding carboxylic acids is 2. The van der Waals surface area contributed by atoms with Gasteiger partial charge in [0.15, 0.2) is 11.5 Å². The number of amides is 2. The first-order valence-electron chi connectivity index (χ1n) is 10.7. The van der Waals surface area contributed by atoms with Gasteiger partial charge in [-0.15, -0.1) is 5.10 Å². The van der Waals surface area contributed by atoms with Crippen LogP contribution >= 0.6 is 0 Å². The predicted octanol–water partition coefficient (Wildman–Crippen LogP) is 1.30. The van der Waals surface area contributed by atoms with Gasteiger partial charge < -0.3 is 29.4 Å². The van der Waals surface area contributed by atoms with Crippen LogP contribution in [-0.4, -0.2) is 67.4 Å². The van der Waals surface area contributed by atoms with Crippen molar-refractivity contribution < 1.29 is 23.5 Å². The molecule has 0 atom stereocenters. The van der Waals surface area contributed by atoms with E-state index in [0.29, 0.717) is 22.7 Å². The van der Waals surface area contributed by atoms with E-state index in [-0.39, 0.29) is 24.4 Å². The van der Waals surface area contributed by atoms with Crippen LogP contribution in [0, 0.1) is 0 Å². The number of anilines is 3. The van der Waals surface area contributed by atoms with E-state index >= 15 is 0 Å². The van der Waals surface area contributed by atoms with Crippen LogP contribution in [0.5, 0.6) is 11.5 Å². The molecule has 0 bridgehead atoms. The number of hydrogen-bond acceptors (Lipinski definition) is 10. The van der Waals surface area contributed by atoms with Gasteiger partial charge >= 0.3 is 17.8 Å². The minimum atomic E-state index is -0.587. The summed E-state index contributed by atoms with van der Waals surface area (Å²) >= 11 is 0. The fourth-order valence-corrected chi connectivity index (χ4v) is 4.05. The summed E-state index contributed by atoms with van der Waals surface area (Å²) in [5.74, 6) is -0.225. The molecule has 5 rings (SSSR count). The number of rotatable bonds is 6. The fraction of sp³-hybridized carbons (Fsp3) is 0.318. The second kappa shape index (κ2) is 8.98. The lowest BCUT2D eigenvalue weighted by Crippen LogP contribution is -2.43. The Morgan fingerprint density at radius 1 is 1.15 bits per heavy atom. The van der Waals surface area contributed by atoms with Crippen molar-refractivity contribution in [3.05, 3.63) is 47.6 Å². The highest BCUT2D eigenvalue weighted by Crippen LogP contribution is 2.36. The zero-order chi connectivity index (χ0) is 23.7. The number of fused-ring (bicyclic) bond motifs is 1. The van der Waals surface area contributed by atoms with Gasteiger partial charge in [-0.2, -0.15) is 0 Å². The molecule has 2 N–H and O–H groups in total. The summed E-state index contributed by atoms with van der Waals surface area (Å²) in [6, 6.07) is 5.12. The molecule has 2 aromatic heterocycles. The third-order valence-corrected chi connectivity index (χ3v) is 5.76. The van der Waals surface area contributed by atoms with Crippen LogP contribution in [0.15, 0.2) is 35.0 Å². The predicted molar refractivity (Wildman–Crippen MR) is 122 cm³/mol. The maximum atomic E-state index is 12.9. The van der Waals surface area contributed by atoms with Crippen molar-refractivity contribution in [1.29, 1.82) is 0 Å².